The molecule has 0 bridgehead atoms. The van der Waals surface area contributed by atoms with Gasteiger partial charge < -0.3 is 10.6 Å². The lowest BCUT2D eigenvalue weighted by atomic mass is 9.97. The molecule has 0 aliphatic carbocycles. The Labute approximate surface area is 106 Å². The first-order valence-corrected chi connectivity index (χ1v) is 7.26. The van der Waals surface area contributed by atoms with E-state index in [1.807, 2.05) is 0 Å². The van der Waals surface area contributed by atoms with E-state index in [-0.39, 0.29) is 11.8 Å². The number of carbonyl (C=O) groups is 1. The Hall–Kier alpha value is -0.570. The van der Waals surface area contributed by atoms with E-state index in [2.05, 4.69) is 24.5 Å². The normalized spacial score (nSPS) is 22.1. The zero-order valence-corrected chi connectivity index (χ0v) is 11.4. The van der Waals surface area contributed by atoms with E-state index in [0.29, 0.717) is 5.92 Å². The van der Waals surface area contributed by atoms with Crippen LogP contribution < -0.4 is 10.6 Å². The highest BCUT2D eigenvalue weighted by molar-refractivity contribution is 5.78. The summed E-state index contributed by atoms with van der Waals surface area (Å²) in [6, 6.07) is 0. The van der Waals surface area contributed by atoms with Crippen LogP contribution >= 0.6 is 0 Å². The van der Waals surface area contributed by atoms with Crippen LogP contribution in [-0.2, 0) is 4.79 Å². The average molecular weight is 240 g/mol. The van der Waals surface area contributed by atoms with Crippen LogP contribution in [0.2, 0.25) is 0 Å². The Bertz CT molecular complexity index is 212. The lowest BCUT2D eigenvalue weighted by Crippen LogP contribution is -2.41. The molecule has 1 saturated heterocycles. The molecule has 0 aromatic carbocycles. The molecule has 1 unspecified atom stereocenters. The van der Waals surface area contributed by atoms with Crippen LogP contribution in [-0.4, -0.2) is 25.5 Å². The van der Waals surface area contributed by atoms with Crippen molar-refractivity contribution in [3.63, 3.8) is 0 Å². The Morgan fingerprint density at radius 2 is 2.29 bits per heavy atom. The maximum atomic E-state index is 11.9. The molecule has 1 heterocycles. The Kier molecular flexibility index (Phi) is 7.25. The van der Waals surface area contributed by atoms with Crippen molar-refractivity contribution in [1.29, 1.82) is 0 Å². The van der Waals surface area contributed by atoms with Crippen LogP contribution in [0.5, 0.6) is 0 Å². The van der Waals surface area contributed by atoms with E-state index in [4.69, 9.17) is 0 Å². The summed E-state index contributed by atoms with van der Waals surface area (Å²) in [5.74, 6) is 1.12. The molecule has 0 saturated carbocycles. The Morgan fingerprint density at radius 1 is 1.47 bits per heavy atom. The molecule has 17 heavy (non-hydrogen) atoms. The average Bonchev–Trinajstić information content (AvgIpc) is 2.39. The van der Waals surface area contributed by atoms with Crippen molar-refractivity contribution < 1.29 is 4.79 Å². The first-order valence-electron chi connectivity index (χ1n) is 7.26. The minimum Gasteiger partial charge on any atom is -0.356 e. The van der Waals surface area contributed by atoms with Crippen LogP contribution in [0.15, 0.2) is 0 Å². The predicted molar refractivity (Wildman–Crippen MR) is 71.9 cm³/mol. The molecule has 3 nitrogen and oxygen atoms in total. The molecule has 0 aromatic heterocycles. The third-order valence-corrected chi connectivity index (χ3v) is 3.78. The molecule has 0 aromatic rings. The molecule has 2 N–H and O–H groups in total. The summed E-state index contributed by atoms with van der Waals surface area (Å²) in [5.41, 5.74) is 0. The largest absolute Gasteiger partial charge is 0.356 e. The van der Waals surface area contributed by atoms with Crippen molar-refractivity contribution in [2.45, 2.75) is 52.4 Å². The number of hydrogen-bond acceptors (Lipinski definition) is 2. The van der Waals surface area contributed by atoms with E-state index in [1.54, 1.807) is 0 Å². The molecule has 1 fully saturated rings. The second-order valence-electron chi connectivity index (χ2n) is 5.20. The van der Waals surface area contributed by atoms with Gasteiger partial charge in [0.05, 0.1) is 5.92 Å². The SMILES string of the molecule is CCCCC(CC)CNC(=O)[C@@H]1CCCNC1. The third kappa shape index (κ3) is 5.53. The quantitative estimate of drug-likeness (QED) is 0.717. The minimum atomic E-state index is 0.201. The zero-order chi connectivity index (χ0) is 12.5. The van der Waals surface area contributed by atoms with Crippen molar-refractivity contribution in [2.75, 3.05) is 19.6 Å². The fourth-order valence-electron chi connectivity index (χ4n) is 2.41. The highest BCUT2D eigenvalue weighted by Gasteiger charge is 2.21. The van der Waals surface area contributed by atoms with Crippen LogP contribution in [0.4, 0.5) is 0 Å². The van der Waals surface area contributed by atoms with Gasteiger partial charge in [0.2, 0.25) is 5.91 Å². The van der Waals surface area contributed by atoms with Crippen molar-refractivity contribution in [1.82, 2.24) is 10.6 Å². The summed E-state index contributed by atoms with van der Waals surface area (Å²) in [6.45, 7) is 7.23. The van der Waals surface area contributed by atoms with Gasteiger partial charge in [-0.1, -0.05) is 33.1 Å². The first-order chi connectivity index (χ1) is 8.27. The number of nitrogens with one attached hydrogen (secondary N) is 2. The fraction of sp³-hybridized carbons (Fsp3) is 0.929. The van der Waals surface area contributed by atoms with Crippen LogP contribution in [0.25, 0.3) is 0 Å². The van der Waals surface area contributed by atoms with Gasteiger partial charge in [-0.15, -0.1) is 0 Å². The summed E-state index contributed by atoms with van der Waals surface area (Å²) in [4.78, 5) is 11.9. The molecule has 3 heteroatoms. The zero-order valence-electron chi connectivity index (χ0n) is 11.4. The van der Waals surface area contributed by atoms with Gasteiger partial charge in [-0.3, -0.25) is 4.79 Å². The van der Waals surface area contributed by atoms with Crippen LogP contribution in [0.3, 0.4) is 0 Å². The number of amides is 1. The van der Waals surface area contributed by atoms with Crippen molar-refractivity contribution in [3.05, 3.63) is 0 Å². The van der Waals surface area contributed by atoms with E-state index in [1.165, 1.54) is 25.7 Å². The van der Waals surface area contributed by atoms with Gasteiger partial charge in [-0.2, -0.15) is 0 Å². The summed E-state index contributed by atoms with van der Waals surface area (Å²) in [7, 11) is 0. The Morgan fingerprint density at radius 3 is 2.88 bits per heavy atom. The lowest BCUT2D eigenvalue weighted by Gasteiger charge is -2.23. The van der Waals surface area contributed by atoms with Gasteiger partial charge in [0, 0.05) is 13.1 Å². The summed E-state index contributed by atoms with van der Waals surface area (Å²) in [5, 5.41) is 6.42. The maximum absolute atomic E-state index is 11.9. The second-order valence-corrected chi connectivity index (χ2v) is 5.20. The van der Waals surface area contributed by atoms with Crippen LogP contribution in [0.1, 0.15) is 52.4 Å². The summed E-state index contributed by atoms with van der Waals surface area (Å²) >= 11 is 0. The smallest absolute Gasteiger partial charge is 0.224 e. The predicted octanol–water partition coefficient (Wildman–Crippen LogP) is 2.32. The van der Waals surface area contributed by atoms with E-state index >= 15 is 0 Å². The molecular weight excluding hydrogens is 212 g/mol. The number of carbonyl (C=O) groups excluding carboxylic acids is 1. The molecule has 0 radical (unpaired) electrons. The Balaban J connectivity index is 2.20. The molecule has 1 aliphatic rings. The molecule has 1 aliphatic heterocycles. The first kappa shape index (κ1) is 14.5. The van der Waals surface area contributed by atoms with Crippen molar-refractivity contribution in [2.24, 2.45) is 11.8 Å². The maximum Gasteiger partial charge on any atom is 0.224 e. The number of rotatable bonds is 7. The van der Waals surface area contributed by atoms with Gasteiger partial charge in [0.25, 0.3) is 0 Å². The monoisotopic (exact) mass is 240 g/mol. The van der Waals surface area contributed by atoms with Gasteiger partial charge in [0.15, 0.2) is 0 Å². The van der Waals surface area contributed by atoms with Crippen molar-refractivity contribution in [3.8, 4) is 0 Å². The second kappa shape index (κ2) is 8.51. The van der Waals surface area contributed by atoms with Gasteiger partial charge >= 0.3 is 0 Å². The molecule has 0 spiro atoms. The van der Waals surface area contributed by atoms with Crippen molar-refractivity contribution >= 4 is 5.91 Å². The molecular formula is C14H28N2O. The number of hydrogen-bond donors (Lipinski definition) is 2. The summed E-state index contributed by atoms with van der Waals surface area (Å²) in [6.07, 6.45) is 7.12. The molecule has 1 amide bonds. The van der Waals surface area contributed by atoms with Crippen LogP contribution in [0, 0.1) is 11.8 Å². The summed E-state index contributed by atoms with van der Waals surface area (Å²) < 4.78 is 0. The number of piperidine rings is 1. The minimum absolute atomic E-state index is 0.201. The fourth-order valence-corrected chi connectivity index (χ4v) is 2.41. The van der Waals surface area contributed by atoms with Gasteiger partial charge in [-0.25, -0.2) is 0 Å². The third-order valence-electron chi connectivity index (χ3n) is 3.78. The topological polar surface area (TPSA) is 41.1 Å². The van der Waals surface area contributed by atoms with Gasteiger partial charge in [-0.05, 0) is 31.7 Å². The van der Waals surface area contributed by atoms with E-state index < -0.39 is 0 Å². The highest BCUT2D eigenvalue weighted by atomic mass is 16.1. The standard InChI is InChI=1S/C14H28N2O/c1-3-5-7-12(4-2)10-16-14(17)13-8-6-9-15-11-13/h12-13,15H,3-11H2,1-2H3,(H,16,17)/t12?,13-/m1/s1. The van der Waals surface area contributed by atoms with E-state index in [9.17, 15) is 4.79 Å². The number of unbranched alkanes of at least 4 members (excludes halogenated alkanes) is 1. The molecule has 100 valence electrons. The van der Waals surface area contributed by atoms with Gasteiger partial charge in [0.1, 0.15) is 0 Å². The highest BCUT2D eigenvalue weighted by Crippen LogP contribution is 2.13. The molecule has 1 rings (SSSR count). The molecule has 2 atom stereocenters. The lowest BCUT2D eigenvalue weighted by molar-refractivity contribution is -0.125. The van der Waals surface area contributed by atoms with E-state index in [0.717, 1.165) is 32.5 Å².